The van der Waals surface area contributed by atoms with Crippen LogP contribution in [0.25, 0.3) is 75.9 Å². The second kappa shape index (κ2) is 53.4. The first-order chi connectivity index (χ1) is 65.0. The molecule has 0 spiro atoms. The van der Waals surface area contributed by atoms with Crippen LogP contribution in [0.15, 0.2) is 149 Å². The van der Waals surface area contributed by atoms with Crippen LogP contribution in [-0.2, 0) is 51.1 Å². The van der Waals surface area contributed by atoms with E-state index in [2.05, 4.69) is 145 Å². The van der Waals surface area contributed by atoms with E-state index in [0.29, 0.717) is 75.6 Å². The second-order valence-electron chi connectivity index (χ2n) is 33.1. The van der Waals surface area contributed by atoms with Crippen molar-refractivity contribution in [2.75, 3.05) is 97.5 Å². The van der Waals surface area contributed by atoms with E-state index in [1.165, 1.54) is 0 Å². The zero-order valence-electron chi connectivity index (χ0n) is 80.4. The number of benzene rings is 7. The third-order valence-electron chi connectivity index (χ3n) is 22.9. The molecule has 0 radical (unpaired) electrons. The van der Waals surface area contributed by atoms with Crippen molar-refractivity contribution in [3.8, 4) is 63.4 Å². The van der Waals surface area contributed by atoms with Gasteiger partial charge in [-0.05, 0) is 247 Å². The summed E-state index contributed by atoms with van der Waals surface area (Å²) in [6.45, 7) is 24.3. The molecule has 0 atom stereocenters. The number of carbonyl (C=O) groups excluding carboxylic acids is 2. The van der Waals surface area contributed by atoms with Gasteiger partial charge in [-0.3, -0.25) is 29.1 Å². The molecule has 0 saturated carbocycles. The van der Waals surface area contributed by atoms with Crippen molar-refractivity contribution in [3.63, 3.8) is 0 Å². The standard InChI is InChI=1S/C20H30INO3Si.C17H21NO3.C15H17NO2.C14H16INO3.C14H17NO3.C13H12ClNO3.C11H8ClNO2.2CH4/c1-9-10-15-13-11-16(23-5)17(24-6)12-14(13)18(21)19(22-15)25-26(7,8)20(2,3)4;1-3-4-5-16-14(17-20-8-9-21-17)11-12-10-13(19-2)6-7-15(12)18-16;1-3-4-5-14-12(10-17)8-11-9-13(18-2)6-7-15(11)16-14;1-4-5-10-8-6-11(18-2)12(19-3)7-9(8)13(15)14(17)16-10;1-4-5-11-10-8-13(18-3)12(17-2)6-9(10)7-14(16)15-11;1-16-9-2-3-11-8(6-9)7-10(12(14)15-11)13-17-4-5-18-13;1-15-9-2-3-10-7(5-9)4-8(6-14)11(12)13-10;;/h11-12H,9-10H2,1-8H3;6-7,10-11,17H,3-5,8-9H2,1-2H3;6-10H,3-5H2,1-2H3;6-7H,4-5H2,1-3H3,(H,16,17);6-8H,4-5H2,1-3H3,(H,15,16);2-3,6-7,13H,4-5H2,1H3;2-6H,1H3;2*1H4. The lowest BCUT2D eigenvalue weighted by Crippen LogP contribution is -2.44. The molecule has 2 fully saturated rings. The van der Waals surface area contributed by atoms with Crippen molar-refractivity contribution in [1.29, 1.82) is 0 Å². The highest BCUT2D eigenvalue weighted by molar-refractivity contribution is 14.1. The lowest BCUT2D eigenvalue weighted by molar-refractivity contribution is -0.0449. The normalized spacial score (nSPS) is 12.3. The number of H-pyrrole nitrogens is 2. The molecule has 2 aliphatic rings. The predicted octanol–water partition coefficient (Wildman–Crippen LogP) is 25.7. The molecule has 31 heteroatoms. The van der Waals surface area contributed by atoms with E-state index in [0.717, 1.165) is 243 Å². The molecule has 9 heterocycles. The van der Waals surface area contributed by atoms with Crippen LogP contribution in [0.4, 0.5) is 0 Å². The average molecular weight is 2160 g/mol. The summed E-state index contributed by atoms with van der Waals surface area (Å²) in [7, 11) is 14.3. The van der Waals surface area contributed by atoms with Gasteiger partial charge in [0.1, 0.15) is 33.3 Å². The molecule has 14 aromatic rings. The van der Waals surface area contributed by atoms with Gasteiger partial charge in [0, 0.05) is 88.3 Å². The van der Waals surface area contributed by atoms with Crippen molar-refractivity contribution in [2.45, 2.75) is 178 Å². The molecular formula is C106H129Cl2I2N7O19Si. The average Bonchev–Trinajstić information content (AvgIpc) is 1.58. The number of aromatic nitrogens is 7. The number of pyridine rings is 7. The Morgan fingerprint density at radius 1 is 0.394 bits per heavy atom. The highest BCUT2D eigenvalue weighted by atomic mass is 127. The van der Waals surface area contributed by atoms with Gasteiger partial charge < -0.3 is 80.7 Å². The third-order valence-corrected chi connectivity index (χ3v) is 30.0. The van der Waals surface area contributed by atoms with Crippen molar-refractivity contribution in [3.05, 3.63) is 228 Å². The van der Waals surface area contributed by atoms with Crippen LogP contribution >= 0.6 is 68.4 Å². The van der Waals surface area contributed by atoms with Gasteiger partial charge in [-0.15, -0.1) is 0 Å². The number of methoxy groups -OCH3 is 10. The van der Waals surface area contributed by atoms with Gasteiger partial charge in [-0.2, -0.15) is 0 Å². The highest BCUT2D eigenvalue weighted by Gasteiger charge is 2.40. The summed E-state index contributed by atoms with van der Waals surface area (Å²) in [5.74, 6) is 7.96. The van der Waals surface area contributed by atoms with Gasteiger partial charge in [0.05, 0.1) is 144 Å². The van der Waals surface area contributed by atoms with Crippen LogP contribution < -0.4 is 62.9 Å². The van der Waals surface area contributed by atoms with E-state index < -0.39 is 14.6 Å². The van der Waals surface area contributed by atoms with Crippen LogP contribution in [-0.4, -0.2) is 153 Å². The third kappa shape index (κ3) is 28.5. The van der Waals surface area contributed by atoms with E-state index in [9.17, 15) is 19.2 Å². The van der Waals surface area contributed by atoms with Gasteiger partial charge in [0.2, 0.25) is 11.4 Å². The number of nitrogens with zero attached hydrogens (tertiary/aromatic N) is 5. The summed E-state index contributed by atoms with van der Waals surface area (Å²) < 4.78 is 83.4. The lowest BCUT2D eigenvalue weighted by atomic mass is 10.0. The maximum Gasteiger partial charge on any atom is 0.262 e. The quantitative estimate of drug-likeness (QED) is 0.0199. The minimum atomic E-state index is -1.97. The predicted molar refractivity (Wildman–Crippen MR) is 569 cm³/mol. The Morgan fingerprint density at radius 2 is 0.774 bits per heavy atom. The van der Waals surface area contributed by atoms with Gasteiger partial charge in [-0.1, -0.05) is 126 Å². The zero-order valence-corrected chi connectivity index (χ0v) is 87.2. The fourth-order valence-electron chi connectivity index (χ4n) is 14.7. The Balaban J connectivity index is 0.000000197. The molecular weight excluding hydrogens is 2030 g/mol. The number of ether oxygens (including phenoxy) is 14. The molecule has 0 aliphatic carbocycles. The number of unbranched alkanes of at least 4 members (excludes halogenated alkanes) is 2. The van der Waals surface area contributed by atoms with Crippen LogP contribution in [0.5, 0.6) is 63.4 Å². The number of rotatable bonds is 28. The summed E-state index contributed by atoms with van der Waals surface area (Å²) in [5.41, 5.74) is 11.1. The molecule has 7 aromatic heterocycles. The van der Waals surface area contributed by atoms with E-state index in [4.69, 9.17) is 104 Å². The number of halogens is 4. The Morgan fingerprint density at radius 3 is 1.21 bits per heavy atom. The number of aldehydes is 2. The lowest BCUT2D eigenvalue weighted by Gasteiger charge is -2.36. The largest absolute Gasteiger partial charge is 0.530 e. The Labute approximate surface area is 841 Å². The van der Waals surface area contributed by atoms with Crippen molar-refractivity contribution < 1.29 is 80.3 Å². The van der Waals surface area contributed by atoms with Crippen molar-refractivity contribution in [1.82, 2.24) is 34.9 Å². The molecule has 26 nitrogen and oxygen atoms in total. The second-order valence-corrected chi connectivity index (χ2v) is 40.7. The molecule has 0 amide bonds. The smallest absolute Gasteiger partial charge is 0.262 e. The van der Waals surface area contributed by atoms with E-state index in [1.807, 2.05) is 109 Å². The summed E-state index contributed by atoms with van der Waals surface area (Å²) >= 11 is 16.4. The Bertz CT molecular complexity index is 6570. The van der Waals surface area contributed by atoms with Gasteiger partial charge in [0.25, 0.3) is 13.9 Å². The first kappa shape index (κ1) is 112. The first-order valence-electron chi connectivity index (χ1n) is 44.8. The molecule has 137 heavy (non-hydrogen) atoms. The number of aromatic amines is 2. The molecule has 2 N–H and O–H groups in total. The Kier molecular flexibility index (Phi) is 43.5. The minimum Gasteiger partial charge on any atom is -0.530 e. The van der Waals surface area contributed by atoms with Gasteiger partial charge in [-0.25, -0.2) is 15.0 Å². The fourth-order valence-corrected chi connectivity index (χ4v) is 17.6. The topological polar surface area (TPSA) is 303 Å². The fraction of sp³-hybridized carbons (Fsp3) is 0.387. The maximum atomic E-state index is 11.9. The molecule has 7 aromatic carbocycles. The first-order valence-corrected chi connectivity index (χ1v) is 50.6. The van der Waals surface area contributed by atoms with Crippen LogP contribution in [0.3, 0.4) is 0 Å². The van der Waals surface area contributed by atoms with Gasteiger partial charge >= 0.3 is 0 Å². The van der Waals surface area contributed by atoms with Crippen molar-refractivity contribution >= 4 is 165 Å². The monoisotopic (exact) mass is 2160 g/mol. The van der Waals surface area contributed by atoms with Gasteiger partial charge in [0.15, 0.2) is 59.6 Å². The molecule has 734 valence electrons. The molecule has 0 bridgehead atoms. The minimum absolute atomic E-state index is 0. The SMILES string of the molecule is C.C.CCCCc1nc2ccc(OC)cc2cc1C1OCCO1.CCCCc1nc2ccc(OC)cc2cc1C=O.CCCc1[nH]c(=O)c(I)c2cc(OC)c(OC)cc12.CCCc1[nH]c(=O)cc2cc(OC)c(OC)cc12.CCCc1nc(O[Si](C)(C)C(C)(C)C)c(I)c2cc(OC)c(OC)cc12.COc1ccc2nc(Cl)c(C3OCCO3)cc2c1.COc1ccc2nc(Cl)c(C=O)cc2c1. The van der Waals surface area contributed by atoms with Crippen LogP contribution in [0.2, 0.25) is 28.4 Å². The number of carbonyl (C=O) groups is 2. The summed E-state index contributed by atoms with van der Waals surface area (Å²) in [6.07, 6.45) is 12.6. The molecule has 2 saturated heterocycles. The van der Waals surface area contributed by atoms with Crippen molar-refractivity contribution in [2.24, 2.45) is 0 Å². The summed E-state index contributed by atoms with van der Waals surface area (Å²) in [6, 6.07) is 43.6. The van der Waals surface area contributed by atoms with E-state index in [-0.39, 0.29) is 42.5 Å². The molecule has 2 aliphatic heterocycles. The Hall–Kier alpha value is -10.8. The van der Waals surface area contributed by atoms with E-state index >= 15 is 0 Å². The summed E-state index contributed by atoms with van der Waals surface area (Å²) in [4.78, 5) is 73.9. The number of nitrogens with one attached hydrogen (secondary N) is 2. The van der Waals surface area contributed by atoms with E-state index in [1.54, 1.807) is 95.4 Å². The number of fused-ring (bicyclic) bond motifs is 7. The maximum absolute atomic E-state index is 11.9. The van der Waals surface area contributed by atoms with Crippen LogP contribution in [0, 0.1) is 7.14 Å². The summed E-state index contributed by atoms with van der Waals surface area (Å²) in [5, 5.41) is 10.6. The highest BCUT2D eigenvalue weighted by Crippen LogP contribution is 2.44. The molecule has 0 unspecified atom stereocenters. The number of hydrogen-bond donors (Lipinski definition) is 2. The number of aryl methyl sites for hydroxylation is 5. The number of hydrogen-bond acceptors (Lipinski definition) is 24. The van der Waals surface area contributed by atoms with Crippen LogP contribution in [0.1, 0.15) is 188 Å². The zero-order chi connectivity index (χ0) is 97.8. The molecule has 16 rings (SSSR count).